The second-order valence-electron chi connectivity index (χ2n) is 2.76. The summed E-state index contributed by atoms with van der Waals surface area (Å²) in [5, 5.41) is 2.94. The van der Waals surface area contributed by atoms with Crippen molar-refractivity contribution < 1.29 is 0 Å². The first-order valence-corrected chi connectivity index (χ1v) is 4.51. The highest BCUT2D eigenvalue weighted by molar-refractivity contribution is 8.03. The molecule has 0 aromatic rings. The Morgan fingerprint density at radius 1 is 1.60 bits per heavy atom. The van der Waals surface area contributed by atoms with Crippen molar-refractivity contribution in [2.45, 2.75) is 18.6 Å². The van der Waals surface area contributed by atoms with Gasteiger partial charge in [-0.05, 0) is 24.3 Å². The summed E-state index contributed by atoms with van der Waals surface area (Å²) >= 11 is 1.93. The second kappa shape index (κ2) is 2.31. The minimum Gasteiger partial charge on any atom is -0.126 e. The average Bonchev–Trinajstić information content (AvgIpc) is 2.33. The Labute approximate surface area is 65.7 Å². The Hall–Kier alpha value is -0.430. The van der Waals surface area contributed by atoms with E-state index in [0.29, 0.717) is 0 Å². The molecule has 1 heteroatoms. The van der Waals surface area contributed by atoms with Gasteiger partial charge in [-0.3, -0.25) is 0 Å². The van der Waals surface area contributed by atoms with E-state index >= 15 is 0 Å². The molecule has 2 rings (SSSR count). The molecule has 0 aromatic carbocycles. The Balaban J connectivity index is 2.31. The van der Waals surface area contributed by atoms with E-state index in [1.807, 2.05) is 11.8 Å². The molecule has 0 nitrogen and oxygen atoms in total. The van der Waals surface area contributed by atoms with Gasteiger partial charge >= 0.3 is 0 Å². The molecule has 1 unspecified atom stereocenters. The molecule has 0 amide bonds. The fraction of sp³-hybridized carbons (Fsp3) is 0.333. The van der Waals surface area contributed by atoms with Crippen LogP contribution in [0.1, 0.15) is 13.3 Å². The minimum absolute atomic E-state index is 0.740. The van der Waals surface area contributed by atoms with Gasteiger partial charge in [0.15, 0.2) is 0 Å². The summed E-state index contributed by atoms with van der Waals surface area (Å²) in [5.41, 5.74) is 2.92. The largest absolute Gasteiger partial charge is 0.126 e. The molecule has 0 N–H and O–H groups in total. The molecule has 1 atom stereocenters. The SMILES string of the molecule is CC1=CCC2SC=CC2=C1. The summed E-state index contributed by atoms with van der Waals surface area (Å²) in [4.78, 5) is 0. The van der Waals surface area contributed by atoms with Gasteiger partial charge in [-0.15, -0.1) is 11.8 Å². The molecule has 0 bridgehead atoms. The molecular weight excluding hydrogens is 140 g/mol. The summed E-state index contributed by atoms with van der Waals surface area (Å²) in [6, 6.07) is 0. The number of hydrogen-bond acceptors (Lipinski definition) is 1. The van der Waals surface area contributed by atoms with E-state index in [1.165, 1.54) is 17.6 Å². The van der Waals surface area contributed by atoms with Crippen molar-refractivity contribution in [1.82, 2.24) is 0 Å². The first kappa shape index (κ1) is 6.29. The predicted octanol–water partition coefficient (Wildman–Crippen LogP) is 2.89. The predicted molar refractivity (Wildman–Crippen MR) is 47.0 cm³/mol. The fourth-order valence-electron chi connectivity index (χ4n) is 1.35. The Morgan fingerprint density at radius 3 is 3.40 bits per heavy atom. The molecule has 10 heavy (non-hydrogen) atoms. The van der Waals surface area contributed by atoms with Gasteiger partial charge in [0.1, 0.15) is 0 Å². The first-order chi connectivity index (χ1) is 4.86. The summed E-state index contributed by atoms with van der Waals surface area (Å²) in [7, 11) is 0. The van der Waals surface area contributed by atoms with E-state index in [9.17, 15) is 0 Å². The van der Waals surface area contributed by atoms with Gasteiger partial charge in [0.2, 0.25) is 0 Å². The van der Waals surface area contributed by atoms with Crippen LogP contribution in [0.5, 0.6) is 0 Å². The molecule has 1 aliphatic carbocycles. The van der Waals surface area contributed by atoms with E-state index in [4.69, 9.17) is 0 Å². The molecule has 0 aromatic heterocycles. The molecule has 1 aliphatic heterocycles. The lowest BCUT2D eigenvalue weighted by Crippen LogP contribution is -2.03. The molecule has 52 valence electrons. The van der Waals surface area contributed by atoms with E-state index in [2.05, 4.69) is 30.6 Å². The van der Waals surface area contributed by atoms with Crippen molar-refractivity contribution in [3.05, 3.63) is 34.8 Å². The van der Waals surface area contributed by atoms with Crippen LogP contribution in [0.3, 0.4) is 0 Å². The van der Waals surface area contributed by atoms with Crippen LogP contribution in [0, 0.1) is 0 Å². The van der Waals surface area contributed by atoms with Crippen molar-refractivity contribution in [2.75, 3.05) is 0 Å². The normalized spacial score (nSPS) is 29.5. The van der Waals surface area contributed by atoms with Crippen molar-refractivity contribution in [3.63, 3.8) is 0 Å². The summed E-state index contributed by atoms with van der Waals surface area (Å²) in [6.45, 7) is 2.17. The van der Waals surface area contributed by atoms with Crippen molar-refractivity contribution in [2.24, 2.45) is 0 Å². The first-order valence-electron chi connectivity index (χ1n) is 3.56. The maximum Gasteiger partial charge on any atom is 0.0373 e. The third-order valence-electron chi connectivity index (χ3n) is 1.92. The van der Waals surface area contributed by atoms with Gasteiger partial charge in [0, 0.05) is 5.25 Å². The van der Waals surface area contributed by atoms with Gasteiger partial charge in [0.25, 0.3) is 0 Å². The standard InChI is InChI=1S/C9H10S/c1-7-2-3-9-8(6-7)4-5-10-9/h2,4-6,9H,3H2,1H3. The lowest BCUT2D eigenvalue weighted by Gasteiger charge is -2.13. The van der Waals surface area contributed by atoms with E-state index < -0.39 is 0 Å². The number of fused-ring (bicyclic) bond motifs is 1. The Bertz CT molecular complexity index is 233. The molecular formula is C9H10S. The maximum atomic E-state index is 2.31. The summed E-state index contributed by atoms with van der Waals surface area (Å²) in [5.74, 6) is 0. The fourth-order valence-corrected chi connectivity index (χ4v) is 2.28. The molecule has 0 saturated carbocycles. The average molecular weight is 150 g/mol. The van der Waals surface area contributed by atoms with Crippen molar-refractivity contribution in [1.29, 1.82) is 0 Å². The zero-order valence-electron chi connectivity index (χ0n) is 6.00. The number of hydrogen-bond donors (Lipinski definition) is 0. The van der Waals surface area contributed by atoms with Crippen LogP contribution >= 0.6 is 11.8 Å². The van der Waals surface area contributed by atoms with Crippen LogP contribution in [0.2, 0.25) is 0 Å². The number of allylic oxidation sites excluding steroid dienone is 4. The summed E-state index contributed by atoms with van der Waals surface area (Å²) < 4.78 is 0. The van der Waals surface area contributed by atoms with Gasteiger partial charge in [-0.1, -0.05) is 23.8 Å². The van der Waals surface area contributed by atoms with Crippen molar-refractivity contribution >= 4 is 11.8 Å². The molecule has 0 spiro atoms. The third kappa shape index (κ3) is 0.948. The monoisotopic (exact) mass is 150 g/mol. The highest BCUT2D eigenvalue weighted by atomic mass is 32.2. The quantitative estimate of drug-likeness (QED) is 0.511. The topological polar surface area (TPSA) is 0 Å². The van der Waals surface area contributed by atoms with E-state index in [0.717, 1.165) is 5.25 Å². The molecule has 0 saturated heterocycles. The van der Waals surface area contributed by atoms with Crippen molar-refractivity contribution in [3.8, 4) is 0 Å². The van der Waals surface area contributed by atoms with Crippen LogP contribution in [0.4, 0.5) is 0 Å². The smallest absolute Gasteiger partial charge is 0.0373 e. The lowest BCUT2D eigenvalue weighted by molar-refractivity contribution is 1.00. The highest BCUT2D eigenvalue weighted by Gasteiger charge is 2.17. The van der Waals surface area contributed by atoms with Crippen LogP contribution in [-0.2, 0) is 0 Å². The second-order valence-corrected chi connectivity index (χ2v) is 3.87. The molecule has 2 aliphatic rings. The van der Waals surface area contributed by atoms with Crippen LogP contribution in [-0.4, -0.2) is 5.25 Å². The Kier molecular flexibility index (Phi) is 1.46. The van der Waals surface area contributed by atoms with Crippen LogP contribution in [0.25, 0.3) is 0 Å². The number of thioether (sulfide) groups is 1. The molecule has 0 radical (unpaired) electrons. The third-order valence-corrected chi connectivity index (χ3v) is 3.01. The zero-order valence-corrected chi connectivity index (χ0v) is 6.82. The zero-order chi connectivity index (χ0) is 6.97. The molecule has 1 heterocycles. The van der Waals surface area contributed by atoms with Gasteiger partial charge in [0.05, 0.1) is 0 Å². The lowest BCUT2D eigenvalue weighted by atomic mass is 10.0. The Morgan fingerprint density at radius 2 is 2.50 bits per heavy atom. The van der Waals surface area contributed by atoms with Gasteiger partial charge < -0.3 is 0 Å². The van der Waals surface area contributed by atoms with E-state index in [-0.39, 0.29) is 0 Å². The van der Waals surface area contributed by atoms with Gasteiger partial charge in [-0.25, -0.2) is 0 Å². The van der Waals surface area contributed by atoms with Crippen LogP contribution < -0.4 is 0 Å². The highest BCUT2D eigenvalue weighted by Crippen LogP contribution is 2.35. The van der Waals surface area contributed by atoms with Crippen LogP contribution in [0.15, 0.2) is 34.8 Å². The minimum atomic E-state index is 0.740. The van der Waals surface area contributed by atoms with E-state index in [1.54, 1.807) is 0 Å². The molecule has 0 fully saturated rings. The van der Waals surface area contributed by atoms with Gasteiger partial charge in [-0.2, -0.15) is 0 Å². The summed E-state index contributed by atoms with van der Waals surface area (Å²) in [6.07, 6.45) is 8.04. The maximum absolute atomic E-state index is 2.31. The number of rotatable bonds is 0.